The molecule has 0 bridgehead atoms. The molecule has 15 heavy (non-hydrogen) atoms. The van der Waals surface area contributed by atoms with Gasteiger partial charge in [0.25, 0.3) is 5.91 Å². The largest absolute Gasteiger partial charge is 0.366 e. The first-order valence-corrected chi connectivity index (χ1v) is 5.44. The second-order valence-corrected chi connectivity index (χ2v) is 4.11. The average molecular weight is 222 g/mol. The molecular weight excluding hydrogens is 212 g/mol. The van der Waals surface area contributed by atoms with Crippen LogP contribution in [0.25, 0.3) is 10.2 Å². The fraction of sp³-hybridized carbons (Fsp3) is 0.200. The highest BCUT2D eigenvalue weighted by Crippen LogP contribution is 2.26. The third kappa shape index (κ3) is 1.55. The maximum absolute atomic E-state index is 11.3. The zero-order valence-corrected chi connectivity index (χ0v) is 8.98. The van der Waals surface area contributed by atoms with E-state index >= 15 is 0 Å². The fourth-order valence-corrected chi connectivity index (χ4v) is 2.65. The molecule has 2 aromatic heterocycles. The monoisotopic (exact) mass is 222 g/mol. The Morgan fingerprint density at radius 2 is 2.33 bits per heavy atom. The summed E-state index contributed by atoms with van der Waals surface area (Å²) in [5.74, 6) is -0.509. The van der Waals surface area contributed by atoms with Crippen molar-refractivity contribution in [3.8, 4) is 0 Å². The Labute approximate surface area is 89.7 Å². The van der Waals surface area contributed by atoms with Crippen LogP contribution in [0.5, 0.6) is 0 Å². The van der Waals surface area contributed by atoms with E-state index in [1.807, 2.05) is 6.92 Å². The van der Waals surface area contributed by atoms with Crippen LogP contribution in [-0.2, 0) is 6.42 Å². The highest BCUT2D eigenvalue weighted by molar-refractivity contribution is 7.17. The lowest BCUT2D eigenvalue weighted by atomic mass is 10.1. The number of aromatic nitrogens is 1. The third-order valence-electron chi connectivity index (χ3n) is 2.28. The van der Waals surface area contributed by atoms with E-state index < -0.39 is 5.91 Å². The first kappa shape index (κ1) is 9.92. The molecule has 0 radical (unpaired) electrons. The van der Waals surface area contributed by atoms with Crippen LogP contribution in [-0.4, -0.2) is 10.9 Å². The fourth-order valence-electron chi connectivity index (χ4n) is 1.55. The van der Waals surface area contributed by atoms with Crippen molar-refractivity contribution in [2.24, 2.45) is 5.73 Å². The van der Waals surface area contributed by atoms with Crippen molar-refractivity contribution >= 4 is 27.5 Å². The summed E-state index contributed by atoms with van der Waals surface area (Å²) in [7, 11) is 0. The number of fused-ring (bicyclic) bond motifs is 1. The molecule has 1 amide bonds. The van der Waals surface area contributed by atoms with Gasteiger partial charge in [-0.1, -0.05) is 6.92 Å². The van der Waals surface area contributed by atoms with Crippen molar-refractivity contribution in [2.45, 2.75) is 13.3 Å². The molecule has 0 spiro atoms. The lowest BCUT2D eigenvalue weighted by Crippen LogP contribution is -2.12. The lowest BCUT2D eigenvalue weighted by Gasteiger charge is -1.98. The van der Waals surface area contributed by atoms with Gasteiger partial charge >= 0.3 is 0 Å². The Hall–Kier alpha value is -1.62. The molecule has 0 fully saturated rings. The number of nitrogens with one attached hydrogen (secondary N) is 1. The van der Waals surface area contributed by atoms with Crippen LogP contribution in [0.15, 0.2) is 16.2 Å². The molecule has 78 valence electrons. The van der Waals surface area contributed by atoms with E-state index in [1.54, 1.807) is 11.4 Å². The van der Waals surface area contributed by atoms with Gasteiger partial charge in [-0.25, -0.2) is 0 Å². The van der Waals surface area contributed by atoms with Gasteiger partial charge in [-0.05, 0) is 12.0 Å². The van der Waals surface area contributed by atoms with Gasteiger partial charge in [0.05, 0.1) is 15.8 Å². The van der Waals surface area contributed by atoms with Crippen LogP contribution in [0, 0.1) is 0 Å². The number of nitrogens with two attached hydrogens (primary N) is 1. The van der Waals surface area contributed by atoms with Crippen LogP contribution in [0.4, 0.5) is 0 Å². The maximum atomic E-state index is 11.3. The van der Waals surface area contributed by atoms with Crippen LogP contribution in [0.1, 0.15) is 22.8 Å². The average Bonchev–Trinajstić information content (AvgIpc) is 2.59. The molecule has 0 aliphatic carbocycles. The summed E-state index contributed by atoms with van der Waals surface area (Å²) in [6.45, 7) is 1.97. The summed E-state index contributed by atoms with van der Waals surface area (Å²) < 4.78 is 0.936. The van der Waals surface area contributed by atoms with Gasteiger partial charge in [-0.3, -0.25) is 9.59 Å². The summed E-state index contributed by atoms with van der Waals surface area (Å²) >= 11 is 1.43. The zero-order valence-electron chi connectivity index (χ0n) is 8.16. The molecule has 5 heteroatoms. The number of amides is 1. The normalized spacial score (nSPS) is 10.7. The Morgan fingerprint density at radius 3 is 2.93 bits per heavy atom. The maximum Gasteiger partial charge on any atom is 0.251 e. The number of rotatable bonds is 2. The summed E-state index contributed by atoms with van der Waals surface area (Å²) in [5, 5.41) is 1.68. The van der Waals surface area contributed by atoms with Gasteiger partial charge < -0.3 is 10.7 Å². The van der Waals surface area contributed by atoms with Gasteiger partial charge in [0, 0.05) is 11.4 Å². The molecule has 0 aliphatic heterocycles. The Bertz CT molecular complexity index is 583. The summed E-state index contributed by atoms with van der Waals surface area (Å²) in [6, 6.07) is 1.56. The number of primary amides is 1. The number of aryl methyl sites for hydroxylation is 1. The number of H-pyrrole nitrogens is 1. The van der Waals surface area contributed by atoms with E-state index in [0.717, 1.165) is 16.7 Å². The predicted octanol–water partition coefficient (Wildman–Crippen LogP) is 1.25. The minimum Gasteiger partial charge on any atom is -0.366 e. The smallest absolute Gasteiger partial charge is 0.251 e. The third-order valence-corrected chi connectivity index (χ3v) is 3.34. The first-order valence-electron chi connectivity index (χ1n) is 4.56. The molecule has 0 unspecified atom stereocenters. The number of hydrogen-bond acceptors (Lipinski definition) is 3. The number of carbonyl (C=O) groups excluding carboxylic acids is 1. The first-order chi connectivity index (χ1) is 7.13. The highest BCUT2D eigenvalue weighted by atomic mass is 32.1. The molecule has 0 saturated carbocycles. The van der Waals surface area contributed by atoms with Crippen molar-refractivity contribution in [3.05, 3.63) is 32.9 Å². The van der Waals surface area contributed by atoms with Gasteiger partial charge in [0.15, 0.2) is 0 Å². The van der Waals surface area contributed by atoms with Crippen molar-refractivity contribution in [2.75, 3.05) is 0 Å². The van der Waals surface area contributed by atoms with Crippen LogP contribution >= 0.6 is 11.3 Å². The van der Waals surface area contributed by atoms with Crippen molar-refractivity contribution in [1.82, 2.24) is 4.98 Å². The van der Waals surface area contributed by atoms with Crippen molar-refractivity contribution < 1.29 is 4.79 Å². The second-order valence-electron chi connectivity index (χ2n) is 3.23. The topological polar surface area (TPSA) is 75.9 Å². The van der Waals surface area contributed by atoms with Gasteiger partial charge in [0.2, 0.25) is 5.56 Å². The molecule has 0 saturated heterocycles. The molecule has 3 N–H and O–H groups in total. The Morgan fingerprint density at radius 1 is 1.60 bits per heavy atom. The van der Waals surface area contributed by atoms with E-state index in [1.165, 1.54) is 11.3 Å². The van der Waals surface area contributed by atoms with E-state index in [2.05, 4.69) is 4.98 Å². The summed E-state index contributed by atoms with van der Waals surface area (Å²) in [6.07, 6.45) is 0.763. The highest BCUT2D eigenvalue weighted by Gasteiger charge is 2.12. The summed E-state index contributed by atoms with van der Waals surface area (Å²) in [5.41, 5.74) is 6.93. The van der Waals surface area contributed by atoms with Crippen molar-refractivity contribution in [3.63, 3.8) is 0 Å². The Kier molecular flexibility index (Phi) is 2.32. The standard InChI is InChI=1S/C10H10N2O2S/c1-2-5-3-7(13)12-8-6(10(11)14)4-15-9(5)8/h3-4H,2H2,1H3,(H2,11,14)(H,12,13). The van der Waals surface area contributed by atoms with Crippen LogP contribution in [0.2, 0.25) is 0 Å². The lowest BCUT2D eigenvalue weighted by molar-refractivity contribution is 0.100. The molecule has 0 aliphatic rings. The van der Waals surface area contributed by atoms with E-state index in [9.17, 15) is 9.59 Å². The van der Waals surface area contributed by atoms with Gasteiger partial charge in [0.1, 0.15) is 0 Å². The molecular formula is C10H10N2O2S. The SMILES string of the molecule is CCc1cc(=O)[nH]c2c(C(N)=O)csc12. The van der Waals surface area contributed by atoms with Gasteiger partial charge in [-0.15, -0.1) is 11.3 Å². The van der Waals surface area contributed by atoms with Gasteiger partial charge in [-0.2, -0.15) is 0 Å². The zero-order chi connectivity index (χ0) is 11.0. The van der Waals surface area contributed by atoms with Crippen LogP contribution in [0.3, 0.4) is 0 Å². The number of thiophene rings is 1. The number of carbonyl (C=O) groups is 1. The number of aromatic amines is 1. The molecule has 0 aromatic carbocycles. The molecule has 2 aromatic rings. The molecule has 2 heterocycles. The number of hydrogen-bond donors (Lipinski definition) is 2. The van der Waals surface area contributed by atoms with E-state index in [-0.39, 0.29) is 5.56 Å². The second kappa shape index (κ2) is 3.51. The van der Waals surface area contributed by atoms with E-state index in [0.29, 0.717) is 11.1 Å². The van der Waals surface area contributed by atoms with E-state index in [4.69, 9.17) is 5.73 Å². The van der Waals surface area contributed by atoms with Crippen molar-refractivity contribution in [1.29, 1.82) is 0 Å². The number of pyridine rings is 1. The predicted molar refractivity (Wildman–Crippen MR) is 60.3 cm³/mol. The molecule has 2 rings (SSSR count). The minimum atomic E-state index is -0.509. The molecule has 0 atom stereocenters. The Balaban J connectivity index is 2.87. The summed E-state index contributed by atoms with van der Waals surface area (Å²) in [4.78, 5) is 25.1. The molecule has 4 nitrogen and oxygen atoms in total. The quantitative estimate of drug-likeness (QED) is 0.802. The minimum absolute atomic E-state index is 0.194. The van der Waals surface area contributed by atoms with Crippen LogP contribution < -0.4 is 11.3 Å².